The first-order chi connectivity index (χ1) is 14.9. The zero-order valence-electron chi connectivity index (χ0n) is 17.1. The van der Waals surface area contributed by atoms with Crippen LogP contribution in [0.5, 0.6) is 5.75 Å². The van der Waals surface area contributed by atoms with Crippen LogP contribution in [0.3, 0.4) is 0 Å². The largest absolute Gasteiger partial charge is 0.497 e. The van der Waals surface area contributed by atoms with Gasteiger partial charge in [-0.05, 0) is 36.8 Å². The molecule has 2 aromatic carbocycles. The molecular formula is C23H19FN2O4S. The highest BCUT2D eigenvalue weighted by Crippen LogP contribution is 2.31. The van der Waals surface area contributed by atoms with E-state index in [4.69, 9.17) is 9.47 Å². The fourth-order valence-electron chi connectivity index (χ4n) is 3.53. The van der Waals surface area contributed by atoms with Gasteiger partial charge in [0.05, 0.1) is 36.1 Å². The lowest BCUT2D eigenvalue weighted by Gasteiger charge is -2.24. The first-order valence-electron chi connectivity index (χ1n) is 9.44. The van der Waals surface area contributed by atoms with Crippen molar-refractivity contribution in [2.45, 2.75) is 13.0 Å². The summed E-state index contributed by atoms with van der Waals surface area (Å²) in [6.07, 6.45) is 1.50. The van der Waals surface area contributed by atoms with E-state index in [1.807, 2.05) is 0 Å². The van der Waals surface area contributed by atoms with Crippen LogP contribution in [0, 0.1) is 5.82 Å². The van der Waals surface area contributed by atoms with E-state index >= 15 is 0 Å². The highest BCUT2D eigenvalue weighted by molar-refractivity contribution is 7.07. The highest BCUT2D eigenvalue weighted by Gasteiger charge is 2.33. The maximum Gasteiger partial charge on any atom is 0.338 e. The molecule has 3 aromatic rings. The van der Waals surface area contributed by atoms with Crippen molar-refractivity contribution in [2.75, 3.05) is 14.2 Å². The summed E-state index contributed by atoms with van der Waals surface area (Å²) in [5.74, 6) is -0.340. The van der Waals surface area contributed by atoms with Crippen molar-refractivity contribution in [2.24, 2.45) is 4.99 Å². The molecule has 0 radical (unpaired) electrons. The van der Waals surface area contributed by atoms with Gasteiger partial charge in [-0.25, -0.2) is 14.2 Å². The number of rotatable bonds is 4. The number of allylic oxidation sites excluding steroid dienone is 1. The average molecular weight is 438 g/mol. The third-order valence-corrected chi connectivity index (χ3v) is 6.03. The lowest BCUT2D eigenvalue weighted by Crippen LogP contribution is -2.39. The molecule has 1 aliphatic rings. The van der Waals surface area contributed by atoms with Crippen molar-refractivity contribution in [3.05, 3.63) is 96.4 Å². The second-order valence-corrected chi connectivity index (χ2v) is 7.88. The van der Waals surface area contributed by atoms with Gasteiger partial charge < -0.3 is 9.47 Å². The van der Waals surface area contributed by atoms with E-state index in [-0.39, 0.29) is 11.1 Å². The Hall–Kier alpha value is -3.52. The van der Waals surface area contributed by atoms with Gasteiger partial charge in [0.1, 0.15) is 11.6 Å². The van der Waals surface area contributed by atoms with E-state index in [1.54, 1.807) is 56.5 Å². The van der Waals surface area contributed by atoms with Crippen LogP contribution in [-0.2, 0) is 9.53 Å². The molecule has 0 N–H and O–H groups in total. The SMILES string of the molecule is COC(=O)C1=C(C)N=c2sc(=Cc3ccccc3F)c(=O)n2[C@@H]1c1ccc(OC)cc1. The van der Waals surface area contributed by atoms with E-state index in [1.165, 1.54) is 23.8 Å². The van der Waals surface area contributed by atoms with Gasteiger partial charge in [-0.2, -0.15) is 0 Å². The summed E-state index contributed by atoms with van der Waals surface area (Å²) < 4.78 is 26.1. The number of benzene rings is 2. The molecule has 0 spiro atoms. The third-order valence-electron chi connectivity index (χ3n) is 5.05. The molecule has 158 valence electrons. The number of nitrogens with zero attached hydrogens (tertiary/aromatic N) is 2. The molecule has 4 rings (SSSR count). The monoisotopic (exact) mass is 438 g/mol. The van der Waals surface area contributed by atoms with E-state index in [9.17, 15) is 14.0 Å². The van der Waals surface area contributed by atoms with Crippen molar-refractivity contribution in [3.63, 3.8) is 0 Å². The Morgan fingerprint density at radius 3 is 2.52 bits per heavy atom. The Morgan fingerprint density at radius 1 is 1.16 bits per heavy atom. The first-order valence-corrected chi connectivity index (χ1v) is 10.3. The van der Waals surface area contributed by atoms with Gasteiger partial charge in [-0.3, -0.25) is 9.36 Å². The van der Waals surface area contributed by atoms with E-state index in [0.717, 1.165) is 11.3 Å². The van der Waals surface area contributed by atoms with Crippen LogP contribution in [0.2, 0.25) is 0 Å². The molecular weight excluding hydrogens is 419 g/mol. The smallest absolute Gasteiger partial charge is 0.338 e. The van der Waals surface area contributed by atoms with Gasteiger partial charge in [0, 0.05) is 5.56 Å². The number of aromatic nitrogens is 1. The van der Waals surface area contributed by atoms with Gasteiger partial charge in [0.15, 0.2) is 4.80 Å². The Bertz CT molecular complexity index is 1370. The topological polar surface area (TPSA) is 69.9 Å². The summed E-state index contributed by atoms with van der Waals surface area (Å²) in [5, 5.41) is 0. The molecule has 0 aliphatic carbocycles. The van der Waals surface area contributed by atoms with Gasteiger partial charge in [0.2, 0.25) is 0 Å². The van der Waals surface area contributed by atoms with Crippen LogP contribution in [0.4, 0.5) is 4.39 Å². The Morgan fingerprint density at radius 2 is 1.87 bits per heavy atom. The lowest BCUT2D eigenvalue weighted by molar-refractivity contribution is -0.136. The van der Waals surface area contributed by atoms with Crippen molar-refractivity contribution in [1.82, 2.24) is 4.57 Å². The second-order valence-electron chi connectivity index (χ2n) is 6.87. The molecule has 1 aliphatic heterocycles. The van der Waals surface area contributed by atoms with Crippen LogP contribution >= 0.6 is 11.3 Å². The molecule has 0 bridgehead atoms. The minimum absolute atomic E-state index is 0.275. The number of halogens is 1. The van der Waals surface area contributed by atoms with Crippen molar-refractivity contribution in [1.29, 1.82) is 0 Å². The Labute approximate surface area is 181 Å². The number of thiazole rings is 1. The predicted octanol–water partition coefficient (Wildman–Crippen LogP) is 2.56. The zero-order valence-corrected chi connectivity index (χ0v) is 17.9. The zero-order chi connectivity index (χ0) is 22.1. The van der Waals surface area contributed by atoms with Crippen LogP contribution in [0.1, 0.15) is 24.1 Å². The Kier molecular flexibility index (Phi) is 5.56. The van der Waals surface area contributed by atoms with Gasteiger partial charge in [0.25, 0.3) is 5.56 Å². The fraction of sp³-hybridized carbons (Fsp3) is 0.174. The number of carbonyl (C=O) groups excluding carboxylic acids is 1. The minimum Gasteiger partial charge on any atom is -0.497 e. The van der Waals surface area contributed by atoms with Crippen molar-refractivity contribution >= 4 is 23.4 Å². The molecule has 6 nitrogen and oxygen atoms in total. The number of fused-ring (bicyclic) bond motifs is 1. The summed E-state index contributed by atoms with van der Waals surface area (Å²) in [6.45, 7) is 1.71. The third kappa shape index (κ3) is 3.70. The predicted molar refractivity (Wildman–Crippen MR) is 115 cm³/mol. The number of hydrogen-bond donors (Lipinski definition) is 0. The van der Waals surface area contributed by atoms with Crippen LogP contribution in [0.15, 0.2) is 69.6 Å². The fourth-order valence-corrected chi connectivity index (χ4v) is 4.57. The summed E-state index contributed by atoms with van der Waals surface area (Å²) in [6, 6.07) is 12.6. The molecule has 2 heterocycles. The van der Waals surface area contributed by atoms with Crippen LogP contribution < -0.4 is 19.6 Å². The van der Waals surface area contributed by atoms with E-state index in [2.05, 4.69) is 4.99 Å². The molecule has 0 saturated heterocycles. The van der Waals surface area contributed by atoms with E-state index in [0.29, 0.717) is 31.9 Å². The number of carbonyl (C=O) groups is 1. The standard InChI is InChI=1S/C23H19FN2O4S/c1-13-19(22(28)30-3)20(14-8-10-16(29-2)11-9-14)26-21(27)18(31-23(26)25-13)12-15-6-4-5-7-17(15)24/h4-12,20H,1-3H3/t20-/m1/s1. The molecule has 1 atom stereocenters. The molecule has 8 heteroatoms. The number of ether oxygens (including phenoxy) is 2. The summed E-state index contributed by atoms with van der Waals surface area (Å²) in [7, 11) is 2.85. The van der Waals surface area contributed by atoms with Gasteiger partial charge >= 0.3 is 5.97 Å². The number of esters is 1. The minimum atomic E-state index is -0.725. The Balaban J connectivity index is 1.97. The van der Waals surface area contributed by atoms with E-state index < -0.39 is 17.8 Å². The summed E-state index contributed by atoms with van der Waals surface area (Å²) in [5.41, 5.74) is 1.39. The quantitative estimate of drug-likeness (QED) is 0.587. The molecule has 0 saturated carbocycles. The van der Waals surface area contributed by atoms with Gasteiger partial charge in [-0.15, -0.1) is 0 Å². The molecule has 0 fully saturated rings. The highest BCUT2D eigenvalue weighted by atomic mass is 32.1. The summed E-state index contributed by atoms with van der Waals surface area (Å²) in [4.78, 5) is 30.9. The molecule has 0 amide bonds. The van der Waals surface area contributed by atoms with Crippen molar-refractivity contribution in [3.8, 4) is 5.75 Å². The summed E-state index contributed by atoms with van der Waals surface area (Å²) >= 11 is 1.15. The second kappa shape index (κ2) is 8.31. The number of methoxy groups -OCH3 is 2. The first kappa shape index (κ1) is 20.7. The van der Waals surface area contributed by atoms with Gasteiger partial charge in [-0.1, -0.05) is 41.7 Å². The average Bonchev–Trinajstić information content (AvgIpc) is 3.08. The molecule has 0 unspecified atom stereocenters. The molecule has 31 heavy (non-hydrogen) atoms. The van der Waals surface area contributed by atoms with Crippen molar-refractivity contribution < 1.29 is 18.7 Å². The maximum absolute atomic E-state index is 14.1. The maximum atomic E-state index is 14.1. The number of hydrogen-bond acceptors (Lipinski definition) is 6. The van der Waals surface area contributed by atoms with Crippen LogP contribution in [-0.4, -0.2) is 24.8 Å². The molecule has 1 aromatic heterocycles. The normalized spacial score (nSPS) is 16.0. The van der Waals surface area contributed by atoms with Crippen LogP contribution in [0.25, 0.3) is 6.08 Å². The lowest BCUT2D eigenvalue weighted by atomic mass is 9.96.